The molecule has 27 heavy (non-hydrogen) atoms. The van der Waals surface area contributed by atoms with Crippen molar-refractivity contribution in [2.24, 2.45) is 0 Å². The molecule has 0 aliphatic carbocycles. The minimum atomic E-state index is -4.06. The molecule has 146 valence electrons. The van der Waals surface area contributed by atoms with E-state index in [0.717, 1.165) is 29.5 Å². The first kappa shape index (κ1) is 19.9. The van der Waals surface area contributed by atoms with Crippen LogP contribution in [0.2, 0.25) is 0 Å². The van der Waals surface area contributed by atoms with Gasteiger partial charge in [-0.2, -0.15) is 12.7 Å². The second-order valence-corrected chi connectivity index (χ2v) is 10.3. The number of benzene rings is 2. The van der Waals surface area contributed by atoms with Gasteiger partial charge >= 0.3 is 10.1 Å². The van der Waals surface area contributed by atoms with Crippen molar-refractivity contribution >= 4 is 20.1 Å². The second kappa shape index (κ2) is 7.26. The molecule has 1 fully saturated rings. The molecule has 2 aromatic rings. The van der Waals surface area contributed by atoms with Gasteiger partial charge in [0.1, 0.15) is 10.6 Å². The van der Waals surface area contributed by atoms with Crippen LogP contribution >= 0.6 is 0 Å². The maximum atomic E-state index is 12.6. The summed E-state index contributed by atoms with van der Waals surface area (Å²) in [6.45, 7) is 6.50. The van der Waals surface area contributed by atoms with E-state index in [0.29, 0.717) is 18.8 Å². The Morgan fingerprint density at radius 3 is 1.81 bits per heavy atom. The third kappa shape index (κ3) is 4.02. The SMILES string of the molecule is Cc1cc(C)c(OS(=O)(=O)c2ccc(S(=O)(=O)N3CCCC3)cc2)c(C)c1. The zero-order valence-electron chi connectivity index (χ0n) is 15.6. The summed E-state index contributed by atoms with van der Waals surface area (Å²) in [4.78, 5) is 0.00768. The predicted molar refractivity (Wildman–Crippen MR) is 103 cm³/mol. The lowest BCUT2D eigenvalue weighted by atomic mass is 10.1. The lowest BCUT2D eigenvalue weighted by Crippen LogP contribution is -2.27. The molecule has 3 rings (SSSR count). The lowest BCUT2D eigenvalue weighted by Gasteiger charge is -2.16. The van der Waals surface area contributed by atoms with E-state index in [1.807, 2.05) is 19.1 Å². The van der Waals surface area contributed by atoms with Crippen LogP contribution in [0.25, 0.3) is 0 Å². The van der Waals surface area contributed by atoms with Crippen LogP contribution in [0, 0.1) is 20.8 Å². The van der Waals surface area contributed by atoms with Crippen molar-refractivity contribution in [2.75, 3.05) is 13.1 Å². The quantitative estimate of drug-likeness (QED) is 0.709. The van der Waals surface area contributed by atoms with Gasteiger partial charge < -0.3 is 4.18 Å². The minimum absolute atomic E-state index is 0.0813. The van der Waals surface area contributed by atoms with E-state index in [1.165, 1.54) is 28.6 Å². The molecule has 0 atom stereocenters. The molecule has 0 spiro atoms. The van der Waals surface area contributed by atoms with Crippen LogP contribution in [0.4, 0.5) is 0 Å². The molecule has 1 aliphatic heterocycles. The van der Waals surface area contributed by atoms with Gasteiger partial charge in [0.15, 0.2) is 0 Å². The standard InChI is InChI=1S/C19H23NO5S2/c1-14-12-15(2)19(16(3)13-14)25-27(23,24)18-8-6-17(7-9-18)26(21,22)20-10-4-5-11-20/h6-9,12-13H,4-5,10-11H2,1-3H3. The zero-order chi connectivity index (χ0) is 19.8. The minimum Gasteiger partial charge on any atom is -0.378 e. The van der Waals surface area contributed by atoms with Gasteiger partial charge in [0.25, 0.3) is 0 Å². The summed E-state index contributed by atoms with van der Waals surface area (Å²) in [7, 11) is -7.64. The Bertz CT molecular complexity index is 1030. The molecule has 0 bridgehead atoms. The second-order valence-electron chi connectivity index (χ2n) is 6.85. The Kier molecular flexibility index (Phi) is 5.33. The van der Waals surface area contributed by atoms with Crippen molar-refractivity contribution in [3.8, 4) is 5.75 Å². The summed E-state index contributed by atoms with van der Waals surface area (Å²) in [5.41, 5.74) is 2.47. The Labute approximate surface area is 161 Å². The molecule has 0 amide bonds. The number of aryl methyl sites for hydroxylation is 3. The van der Waals surface area contributed by atoms with Crippen molar-refractivity contribution < 1.29 is 21.0 Å². The van der Waals surface area contributed by atoms with Crippen molar-refractivity contribution in [1.29, 1.82) is 0 Å². The average Bonchev–Trinajstić information content (AvgIpc) is 3.14. The maximum Gasteiger partial charge on any atom is 0.339 e. The molecule has 1 heterocycles. The van der Waals surface area contributed by atoms with E-state index in [-0.39, 0.29) is 9.79 Å². The molecule has 1 saturated heterocycles. The van der Waals surface area contributed by atoms with Crippen molar-refractivity contribution in [3.05, 3.63) is 53.1 Å². The molecule has 0 unspecified atom stereocenters. The van der Waals surface area contributed by atoms with E-state index in [2.05, 4.69) is 0 Å². The first-order chi connectivity index (χ1) is 12.6. The van der Waals surface area contributed by atoms with Gasteiger partial charge in [0, 0.05) is 13.1 Å². The summed E-state index contributed by atoms with van der Waals surface area (Å²) >= 11 is 0. The molecular weight excluding hydrogens is 386 g/mol. The molecule has 0 aromatic heterocycles. The smallest absolute Gasteiger partial charge is 0.339 e. The number of hydrogen-bond acceptors (Lipinski definition) is 5. The monoisotopic (exact) mass is 409 g/mol. The Morgan fingerprint density at radius 2 is 1.30 bits per heavy atom. The van der Waals surface area contributed by atoms with E-state index in [9.17, 15) is 16.8 Å². The summed E-state index contributed by atoms with van der Waals surface area (Å²) < 4.78 is 57.1. The Balaban J connectivity index is 1.88. The number of sulfonamides is 1. The van der Waals surface area contributed by atoms with Gasteiger partial charge in [0.2, 0.25) is 10.0 Å². The topological polar surface area (TPSA) is 80.8 Å². The van der Waals surface area contributed by atoms with Gasteiger partial charge in [-0.25, -0.2) is 8.42 Å². The van der Waals surface area contributed by atoms with Gasteiger partial charge in [-0.15, -0.1) is 0 Å². The van der Waals surface area contributed by atoms with Gasteiger partial charge in [0.05, 0.1) is 4.90 Å². The summed E-state index contributed by atoms with van der Waals surface area (Å²) in [6, 6.07) is 8.89. The summed E-state index contributed by atoms with van der Waals surface area (Å²) in [6.07, 6.45) is 1.68. The third-order valence-electron chi connectivity index (χ3n) is 4.61. The molecule has 2 aromatic carbocycles. The molecule has 8 heteroatoms. The maximum absolute atomic E-state index is 12.6. The van der Waals surface area contributed by atoms with Crippen LogP contribution in [0.1, 0.15) is 29.5 Å². The molecule has 6 nitrogen and oxygen atoms in total. The summed E-state index contributed by atoms with van der Waals surface area (Å²) in [5.74, 6) is 0.300. The molecule has 0 N–H and O–H groups in total. The van der Waals surface area contributed by atoms with Gasteiger partial charge in [-0.3, -0.25) is 0 Å². The van der Waals surface area contributed by atoms with Crippen LogP contribution in [0.3, 0.4) is 0 Å². The molecular formula is C19H23NO5S2. The zero-order valence-corrected chi connectivity index (χ0v) is 17.2. The van der Waals surface area contributed by atoms with Crippen LogP contribution in [-0.4, -0.2) is 34.2 Å². The van der Waals surface area contributed by atoms with Crippen LogP contribution in [-0.2, 0) is 20.1 Å². The lowest BCUT2D eigenvalue weighted by molar-refractivity contribution is 0.476. The van der Waals surface area contributed by atoms with Crippen LogP contribution < -0.4 is 4.18 Å². The number of hydrogen-bond donors (Lipinski definition) is 0. The number of nitrogens with zero attached hydrogens (tertiary/aromatic N) is 1. The Morgan fingerprint density at radius 1 is 0.815 bits per heavy atom. The third-order valence-corrected chi connectivity index (χ3v) is 7.76. The van der Waals surface area contributed by atoms with Gasteiger partial charge in [-0.1, -0.05) is 17.7 Å². The van der Waals surface area contributed by atoms with Crippen molar-refractivity contribution in [3.63, 3.8) is 0 Å². The highest BCUT2D eigenvalue weighted by Crippen LogP contribution is 2.29. The number of rotatable bonds is 5. The average molecular weight is 410 g/mol. The fourth-order valence-electron chi connectivity index (χ4n) is 3.31. The normalized spacial score (nSPS) is 15.8. The van der Waals surface area contributed by atoms with Crippen LogP contribution in [0.5, 0.6) is 5.75 Å². The Hall–Kier alpha value is -1.90. The van der Waals surface area contributed by atoms with E-state index in [4.69, 9.17) is 4.18 Å². The van der Waals surface area contributed by atoms with E-state index < -0.39 is 20.1 Å². The van der Waals surface area contributed by atoms with Crippen molar-refractivity contribution in [2.45, 2.75) is 43.4 Å². The fourth-order valence-corrected chi connectivity index (χ4v) is 5.88. The first-order valence-electron chi connectivity index (χ1n) is 8.74. The fraction of sp³-hybridized carbons (Fsp3) is 0.368. The highest BCUT2D eigenvalue weighted by molar-refractivity contribution is 7.89. The molecule has 0 saturated carbocycles. The highest BCUT2D eigenvalue weighted by atomic mass is 32.2. The van der Waals surface area contributed by atoms with Gasteiger partial charge in [-0.05, 0) is 69.0 Å². The van der Waals surface area contributed by atoms with E-state index >= 15 is 0 Å². The molecule has 1 aliphatic rings. The predicted octanol–water partition coefficient (Wildman–Crippen LogP) is 3.16. The molecule has 0 radical (unpaired) electrons. The van der Waals surface area contributed by atoms with Crippen molar-refractivity contribution in [1.82, 2.24) is 4.31 Å². The van der Waals surface area contributed by atoms with E-state index in [1.54, 1.807) is 13.8 Å². The largest absolute Gasteiger partial charge is 0.378 e. The summed E-state index contributed by atoms with van der Waals surface area (Å²) in [5, 5.41) is 0. The van der Waals surface area contributed by atoms with Crippen LogP contribution in [0.15, 0.2) is 46.2 Å². The highest BCUT2D eigenvalue weighted by Gasteiger charge is 2.28. The first-order valence-corrected chi connectivity index (χ1v) is 11.6.